The summed E-state index contributed by atoms with van der Waals surface area (Å²) >= 11 is 6.08. The van der Waals surface area contributed by atoms with Gasteiger partial charge < -0.3 is 9.74 Å². The smallest absolute Gasteiger partial charge is 0.226 e. The average molecular weight is 387 g/mol. The van der Waals surface area contributed by atoms with Gasteiger partial charge in [-0.05, 0) is 48.2 Å². The molecule has 1 aliphatic heterocycles. The molecule has 1 unspecified atom stereocenters. The number of rotatable bonds is 6. The molecule has 4 rings (SSSR count). The van der Waals surface area contributed by atoms with Gasteiger partial charge >= 0.3 is 0 Å². The van der Waals surface area contributed by atoms with Gasteiger partial charge in [0.1, 0.15) is 5.82 Å². The third-order valence-electron chi connectivity index (χ3n) is 4.84. The Morgan fingerprint density at radius 1 is 1.22 bits per heavy atom. The second kappa shape index (κ2) is 7.69. The fourth-order valence-corrected chi connectivity index (χ4v) is 3.47. The Labute approximate surface area is 162 Å². The molecule has 2 aromatic carbocycles. The summed E-state index contributed by atoms with van der Waals surface area (Å²) in [7, 11) is 0. The Balaban J connectivity index is 1.43. The van der Waals surface area contributed by atoms with Gasteiger partial charge in [-0.2, -0.15) is 0 Å². The van der Waals surface area contributed by atoms with E-state index in [0.29, 0.717) is 24.5 Å². The van der Waals surface area contributed by atoms with Crippen LogP contribution in [0.15, 0.2) is 53.7 Å². The van der Waals surface area contributed by atoms with Gasteiger partial charge in [0.25, 0.3) is 0 Å². The highest BCUT2D eigenvalue weighted by Gasteiger charge is 2.35. The number of hydrogen-bond acceptors (Lipinski definition) is 3. The van der Waals surface area contributed by atoms with Crippen LogP contribution in [-0.2, 0) is 16.2 Å². The summed E-state index contributed by atoms with van der Waals surface area (Å²) in [4.78, 5) is 20.1. The zero-order chi connectivity index (χ0) is 18.8. The third kappa shape index (κ3) is 4.48. The number of halogens is 2. The lowest BCUT2D eigenvalue weighted by molar-refractivity contribution is -0.135. The lowest BCUT2D eigenvalue weighted by Gasteiger charge is -2.25. The van der Waals surface area contributed by atoms with Crippen LogP contribution in [0.5, 0.6) is 0 Å². The second-order valence-corrected chi connectivity index (χ2v) is 7.54. The van der Waals surface area contributed by atoms with Gasteiger partial charge in [0.05, 0.1) is 12.3 Å². The van der Waals surface area contributed by atoms with E-state index in [0.717, 1.165) is 29.7 Å². The minimum absolute atomic E-state index is 0.128. The number of benzene rings is 2. The third-order valence-corrected chi connectivity index (χ3v) is 5.07. The van der Waals surface area contributed by atoms with E-state index in [4.69, 9.17) is 16.4 Å². The first-order chi connectivity index (χ1) is 13.1. The normalized spacial score (nSPS) is 18.7. The van der Waals surface area contributed by atoms with E-state index in [1.54, 1.807) is 12.1 Å². The second-order valence-electron chi connectivity index (χ2n) is 7.10. The van der Waals surface area contributed by atoms with Gasteiger partial charge in [0.15, 0.2) is 6.10 Å². The number of hydrogen-bond donors (Lipinski definition) is 0. The molecule has 2 aromatic rings. The highest BCUT2D eigenvalue weighted by molar-refractivity contribution is 6.30. The number of amides is 1. The van der Waals surface area contributed by atoms with E-state index in [1.807, 2.05) is 29.2 Å². The highest BCUT2D eigenvalue weighted by atomic mass is 35.5. The van der Waals surface area contributed by atoms with E-state index < -0.39 is 0 Å². The van der Waals surface area contributed by atoms with Crippen LogP contribution in [0, 0.1) is 11.7 Å². The molecule has 140 valence electrons. The molecule has 1 fully saturated rings. The van der Waals surface area contributed by atoms with Crippen LogP contribution >= 0.6 is 11.6 Å². The Morgan fingerprint density at radius 3 is 2.70 bits per heavy atom. The number of oxime groups is 1. The SMILES string of the molecule is O=C(C1CC1)N(Cc1cccc(Cl)c1)CC1CC(c2ccc(F)cc2)=NO1. The zero-order valence-electron chi connectivity index (χ0n) is 14.8. The minimum Gasteiger partial charge on any atom is -0.390 e. The van der Waals surface area contributed by atoms with E-state index >= 15 is 0 Å². The van der Waals surface area contributed by atoms with Crippen LogP contribution in [-0.4, -0.2) is 29.2 Å². The van der Waals surface area contributed by atoms with Crippen LogP contribution in [0.4, 0.5) is 4.39 Å². The van der Waals surface area contributed by atoms with E-state index in [9.17, 15) is 9.18 Å². The first-order valence-corrected chi connectivity index (χ1v) is 9.48. The molecule has 1 heterocycles. The molecule has 0 saturated heterocycles. The van der Waals surface area contributed by atoms with E-state index in [-0.39, 0.29) is 23.7 Å². The Bertz CT molecular complexity index is 865. The van der Waals surface area contributed by atoms with Gasteiger partial charge in [-0.15, -0.1) is 0 Å². The predicted octanol–water partition coefficient (Wildman–Crippen LogP) is 4.41. The molecule has 0 spiro atoms. The molecule has 27 heavy (non-hydrogen) atoms. The van der Waals surface area contributed by atoms with E-state index in [2.05, 4.69) is 5.16 Å². The zero-order valence-corrected chi connectivity index (χ0v) is 15.5. The van der Waals surface area contributed by atoms with Crippen molar-refractivity contribution >= 4 is 23.2 Å². The van der Waals surface area contributed by atoms with Crippen molar-refractivity contribution in [1.29, 1.82) is 0 Å². The number of carbonyl (C=O) groups is 1. The van der Waals surface area contributed by atoms with Gasteiger partial charge in [-0.3, -0.25) is 4.79 Å². The fraction of sp³-hybridized carbons (Fsp3) is 0.333. The van der Waals surface area contributed by atoms with Crippen molar-refractivity contribution in [3.63, 3.8) is 0 Å². The van der Waals surface area contributed by atoms with Crippen LogP contribution < -0.4 is 0 Å². The summed E-state index contributed by atoms with van der Waals surface area (Å²) in [5.74, 6) is 0.00873. The largest absolute Gasteiger partial charge is 0.390 e. The molecule has 1 amide bonds. The summed E-state index contributed by atoms with van der Waals surface area (Å²) < 4.78 is 13.1. The first-order valence-electron chi connectivity index (χ1n) is 9.10. The maximum Gasteiger partial charge on any atom is 0.226 e. The predicted molar refractivity (Wildman–Crippen MR) is 102 cm³/mol. The molecule has 0 radical (unpaired) electrons. The van der Waals surface area contributed by atoms with Gasteiger partial charge in [-0.25, -0.2) is 4.39 Å². The summed E-state index contributed by atoms with van der Waals surface area (Å²) in [6.45, 7) is 0.970. The summed E-state index contributed by atoms with van der Waals surface area (Å²) in [5, 5.41) is 4.80. The van der Waals surface area contributed by atoms with Crippen molar-refractivity contribution in [2.75, 3.05) is 6.54 Å². The van der Waals surface area contributed by atoms with Crippen molar-refractivity contribution in [2.24, 2.45) is 11.1 Å². The average Bonchev–Trinajstić information content (AvgIpc) is 3.40. The number of carbonyl (C=O) groups excluding carboxylic acids is 1. The highest BCUT2D eigenvalue weighted by Crippen LogP contribution is 2.32. The summed E-state index contributed by atoms with van der Waals surface area (Å²) in [5.41, 5.74) is 2.62. The van der Waals surface area contributed by atoms with E-state index in [1.165, 1.54) is 12.1 Å². The molecule has 0 bridgehead atoms. The molecule has 2 aliphatic rings. The lowest BCUT2D eigenvalue weighted by Crippen LogP contribution is -2.38. The molecule has 6 heteroatoms. The van der Waals surface area contributed by atoms with Crippen LogP contribution in [0.1, 0.15) is 30.4 Å². The van der Waals surface area contributed by atoms with Crippen LogP contribution in [0.3, 0.4) is 0 Å². The van der Waals surface area contributed by atoms with Crippen molar-refractivity contribution in [3.8, 4) is 0 Å². The van der Waals surface area contributed by atoms with Gasteiger partial charge in [0.2, 0.25) is 5.91 Å². The molecule has 4 nitrogen and oxygen atoms in total. The molecular weight excluding hydrogens is 367 g/mol. The Morgan fingerprint density at radius 2 is 2.00 bits per heavy atom. The monoisotopic (exact) mass is 386 g/mol. The molecule has 0 N–H and O–H groups in total. The topological polar surface area (TPSA) is 41.9 Å². The molecular formula is C21H20ClFN2O2. The quantitative estimate of drug-likeness (QED) is 0.737. The van der Waals surface area contributed by atoms with Crippen molar-refractivity contribution in [3.05, 3.63) is 70.5 Å². The lowest BCUT2D eigenvalue weighted by atomic mass is 10.0. The molecule has 0 aromatic heterocycles. The van der Waals surface area contributed by atoms with Gasteiger partial charge in [-0.1, -0.05) is 41.0 Å². The summed E-state index contributed by atoms with van der Waals surface area (Å²) in [6, 6.07) is 13.8. The fourth-order valence-electron chi connectivity index (χ4n) is 3.26. The first kappa shape index (κ1) is 18.0. The minimum atomic E-state index is -0.280. The van der Waals surface area contributed by atoms with Crippen LogP contribution in [0.2, 0.25) is 5.02 Å². The summed E-state index contributed by atoms with van der Waals surface area (Å²) in [6.07, 6.45) is 2.30. The Hall–Kier alpha value is -2.40. The molecule has 1 atom stereocenters. The standard InChI is InChI=1S/C21H20ClFN2O2/c22-17-3-1-2-14(10-17)12-25(21(26)16-4-5-16)13-19-11-20(24-27-19)15-6-8-18(23)9-7-15/h1-3,6-10,16,19H,4-5,11-13H2. The van der Waals surface area contributed by atoms with Crippen molar-refractivity contribution in [2.45, 2.75) is 31.9 Å². The molecule has 1 saturated carbocycles. The van der Waals surface area contributed by atoms with Crippen LogP contribution in [0.25, 0.3) is 0 Å². The maximum absolute atomic E-state index is 13.1. The Kier molecular flexibility index (Phi) is 5.12. The van der Waals surface area contributed by atoms with Crippen molar-refractivity contribution in [1.82, 2.24) is 4.90 Å². The number of nitrogens with zero attached hydrogens (tertiary/aromatic N) is 2. The van der Waals surface area contributed by atoms with Crippen molar-refractivity contribution < 1.29 is 14.0 Å². The maximum atomic E-state index is 13.1. The van der Waals surface area contributed by atoms with Gasteiger partial charge in [0, 0.05) is 23.9 Å². The molecule has 1 aliphatic carbocycles.